The van der Waals surface area contributed by atoms with Gasteiger partial charge in [0.2, 0.25) is 12.2 Å². The zero-order chi connectivity index (χ0) is 49.1. The van der Waals surface area contributed by atoms with Crippen molar-refractivity contribution in [3.63, 3.8) is 0 Å². The van der Waals surface area contributed by atoms with E-state index in [1.807, 2.05) is 0 Å². The Labute approximate surface area is 389 Å². The van der Waals surface area contributed by atoms with E-state index in [1.165, 1.54) is 42.6 Å². The number of amides is 2. The molecule has 6 rings (SSSR count). The van der Waals surface area contributed by atoms with Gasteiger partial charge in [-0.25, -0.2) is 24.0 Å². The first-order valence-corrected chi connectivity index (χ1v) is 22.6. The summed E-state index contributed by atoms with van der Waals surface area (Å²) in [6, 6.07) is 22.3. The van der Waals surface area contributed by atoms with Crippen molar-refractivity contribution in [3.8, 4) is 0 Å². The zero-order valence-electron chi connectivity index (χ0n) is 37.3. The summed E-state index contributed by atoms with van der Waals surface area (Å²) in [5.74, 6) is -3.58. The lowest BCUT2D eigenvalue weighted by Gasteiger charge is -2.44. The fraction of sp³-hybridized carbons (Fsp3) is 0.400. The van der Waals surface area contributed by atoms with E-state index < -0.39 is 132 Å². The summed E-state index contributed by atoms with van der Waals surface area (Å²) in [5, 5.41) is 2.47. The number of aromatic nitrogens is 2. The molecule has 2 fully saturated rings. The number of H-pyrrole nitrogens is 1. The van der Waals surface area contributed by atoms with Crippen LogP contribution in [0.4, 0.5) is 4.79 Å². The van der Waals surface area contributed by atoms with Gasteiger partial charge in [0.25, 0.3) is 5.56 Å². The van der Waals surface area contributed by atoms with Gasteiger partial charge in [-0.1, -0.05) is 54.6 Å². The third-order valence-corrected chi connectivity index (χ3v) is 10.9. The number of carbonyl (C=O) groups excluding carboxylic acids is 5. The standard InChI is InChI=1S/C45H50N4O18S/c1-25(2)61-36-32(63-39(38(36)62-26(3)4)49-22-21-33(51)47-44(49)55)24-60-68(57,58)48-45(56)67-43-34(46-27(5)50)37(66-42(54)30-19-13-8-14-20-30)35(65-41(53)29-17-11-7-12-18-29)31(64-43)23-59-40(52)28-15-9-6-10-16-28/h6-22,25-26,31-32,34-39,43H,23-24H2,1-5H3,(H,46,50)(H,48,56)(H,47,51,55)/t31-,32-,34-,35-,36-,37-,38-,39-,43-/m1/s1. The predicted molar refractivity (Wildman–Crippen MR) is 234 cm³/mol. The van der Waals surface area contributed by atoms with Gasteiger partial charge in [-0.15, -0.1) is 0 Å². The Morgan fingerprint density at radius 3 is 1.71 bits per heavy atom. The van der Waals surface area contributed by atoms with Gasteiger partial charge in [0.1, 0.15) is 37.1 Å². The predicted octanol–water partition coefficient (Wildman–Crippen LogP) is 2.55. The molecule has 3 N–H and O–H groups in total. The molecule has 2 amide bonds. The fourth-order valence-corrected chi connectivity index (χ4v) is 7.83. The Bertz CT molecular complexity index is 2610. The van der Waals surface area contributed by atoms with E-state index in [4.69, 9.17) is 42.1 Å². The highest BCUT2D eigenvalue weighted by molar-refractivity contribution is 7.85. The number of hydrogen-bond acceptors (Lipinski definition) is 18. The van der Waals surface area contributed by atoms with Crippen molar-refractivity contribution in [1.82, 2.24) is 19.6 Å². The van der Waals surface area contributed by atoms with Crippen molar-refractivity contribution in [1.29, 1.82) is 0 Å². The smallest absolute Gasteiger partial charge is 0.425 e. The topological polar surface area (TPSA) is 281 Å². The van der Waals surface area contributed by atoms with Crippen LogP contribution >= 0.6 is 0 Å². The molecular weight excluding hydrogens is 917 g/mol. The Morgan fingerprint density at radius 2 is 1.18 bits per heavy atom. The van der Waals surface area contributed by atoms with E-state index in [9.17, 15) is 42.0 Å². The van der Waals surface area contributed by atoms with Crippen LogP contribution in [0.2, 0.25) is 0 Å². The van der Waals surface area contributed by atoms with E-state index in [2.05, 4.69) is 10.3 Å². The Morgan fingerprint density at radius 1 is 0.662 bits per heavy atom. The molecule has 2 saturated heterocycles. The molecule has 3 heterocycles. The van der Waals surface area contributed by atoms with Crippen LogP contribution in [0.3, 0.4) is 0 Å². The molecule has 2 aliphatic rings. The summed E-state index contributed by atoms with van der Waals surface area (Å²) >= 11 is 0. The maximum atomic E-state index is 13.7. The second-order valence-electron chi connectivity index (χ2n) is 15.8. The number of hydrogen-bond donors (Lipinski definition) is 3. The van der Waals surface area contributed by atoms with Crippen molar-refractivity contribution in [2.45, 2.75) is 102 Å². The number of esters is 3. The number of benzene rings is 3. The maximum Gasteiger partial charge on any atom is 0.425 e. The minimum absolute atomic E-state index is 0.0191. The molecule has 0 saturated carbocycles. The molecular formula is C45H50N4O18S. The van der Waals surface area contributed by atoms with Gasteiger partial charge in [-0.2, -0.15) is 13.1 Å². The Hall–Kier alpha value is -6.76. The largest absolute Gasteiger partial charge is 0.459 e. The molecule has 364 valence electrons. The van der Waals surface area contributed by atoms with Crippen LogP contribution in [0, 0.1) is 0 Å². The summed E-state index contributed by atoms with van der Waals surface area (Å²) in [6.07, 6.45) is -13.3. The first-order valence-electron chi connectivity index (χ1n) is 21.2. The van der Waals surface area contributed by atoms with Gasteiger partial charge < -0.3 is 43.2 Å². The third kappa shape index (κ3) is 13.4. The van der Waals surface area contributed by atoms with Crippen LogP contribution in [0.5, 0.6) is 0 Å². The summed E-state index contributed by atoms with van der Waals surface area (Å²) in [4.78, 5) is 93.7. The average Bonchev–Trinajstić information content (AvgIpc) is 3.61. The third-order valence-electron chi connectivity index (χ3n) is 10.00. The molecule has 22 nitrogen and oxygen atoms in total. The highest BCUT2D eigenvalue weighted by Crippen LogP contribution is 2.35. The van der Waals surface area contributed by atoms with Gasteiger partial charge in [-0.05, 0) is 64.1 Å². The molecule has 3 aromatic carbocycles. The SMILES string of the molecule is CC(=O)N[C@H]1[C@@H](OC(=O)NS(=O)(=O)OC[C@H]2O[C@@H](n3ccc(=O)[nH]c3=O)[C@H](OC(C)C)[C@@H]2OC(C)C)O[C@H](COC(=O)c2ccccc2)[C@@H](OC(=O)c2ccccc2)[C@@H]1OC(=O)c1ccccc1. The van der Waals surface area contributed by atoms with Crippen molar-refractivity contribution in [3.05, 3.63) is 141 Å². The van der Waals surface area contributed by atoms with Crippen molar-refractivity contribution >= 4 is 40.2 Å². The lowest BCUT2D eigenvalue weighted by atomic mass is 9.95. The zero-order valence-corrected chi connectivity index (χ0v) is 38.1. The van der Waals surface area contributed by atoms with Gasteiger partial charge in [0.15, 0.2) is 18.4 Å². The number of nitrogens with zero attached hydrogens (tertiary/aromatic N) is 1. The summed E-state index contributed by atoms with van der Waals surface area (Å²) in [7, 11) is -5.12. The van der Waals surface area contributed by atoms with E-state index in [-0.39, 0.29) is 16.7 Å². The van der Waals surface area contributed by atoms with E-state index in [1.54, 1.807) is 87.0 Å². The number of ether oxygens (including phenoxy) is 8. The number of nitrogens with one attached hydrogen (secondary N) is 3. The monoisotopic (exact) mass is 966 g/mol. The first-order chi connectivity index (χ1) is 32.4. The lowest BCUT2D eigenvalue weighted by molar-refractivity contribution is -0.251. The number of rotatable bonds is 18. The molecule has 0 aliphatic carbocycles. The van der Waals surface area contributed by atoms with Gasteiger partial charge in [-0.3, -0.25) is 23.3 Å². The quantitative estimate of drug-likeness (QED) is 0.0954. The second-order valence-corrected chi connectivity index (χ2v) is 17.2. The molecule has 4 aromatic rings. The summed E-state index contributed by atoms with van der Waals surface area (Å²) < 4.78 is 81.7. The minimum Gasteiger partial charge on any atom is -0.459 e. The highest BCUT2D eigenvalue weighted by atomic mass is 32.2. The fourth-order valence-electron chi connectivity index (χ4n) is 7.21. The number of aromatic amines is 1. The lowest BCUT2D eigenvalue weighted by Crippen LogP contribution is -2.67. The van der Waals surface area contributed by atoms with Crippen LogP contribution in [-0.2, 0) is 57.2 Å². The van der Waals surface area contributed by atoms with Crippen LogP contribution in [-0.4, -0.2) is 122 Å². The molecule has 2 aliphatic heterocycles. The molecule has 23 heteroatoms. The van der Waals surface area contributed by atoms with Crippen molar-refractivity contribution in [2.24, 2.45) is 0 Å². The molecule has 0 radical (unpaired) electrons. The van der Waals surface area contributed by atoms with Gasteiger partial charge >= 0.3 is 40.0 Å². The highest BCUT2D eigenvalue weighted by Gasteiger charge is 2.54. The normalized spacial score (nSPS) is 23.6. The Kier molecular flexibility index (Phi) is 17.0. The molecule has 9 atom stereocenters. The Balaban J connectivity index is 1.27. The van der Waals surface area contributed by atoms with Crippen molar-refractivity contribution in [2.75, 3.05) is 13.2 Å². The summed E-state index contributed by atoms with van der Waals surface area (Å²) in [5.41, 5.74) is -1.34. The van der Waals surface area contributed by atoms with Crippen molar-refractivity contribution < 1.29 is 74.5 Å². The summed E-state index contributed by atoms with van der Waals surface area (Å²) in [6.45, 7) is 6.33. The van der Waals surface area contributed by atoms with Crippen LogP contribution in [0.15, 0.2) is 113 Å². The average molecular weight is 967 g/mol. The van der Waals surface area contributed by atoms with Crippen LogP contribution in [0.1, 0.15) is 71.9 Å². The molecule has 1 aromatic heterocycles. The number of carbonyl (C=O) groups is 5. The van der Waals surface area contributed by atoms with Gasteiger partial charge in [0, 0.05) is 19.2 Å². The minimum atomic E-state index is -5.12. The van der Waals surface area contributed by atoms with Gasteiger partial charge in [0.05, 0.1) is 35.5 Å². The molecule has 0 unspecified atom stereocenters. The molecule has 0 bridgehead atoms. The first kappa shape index (κ1) is 50.6. The maximum absolute atomic E-state index is 13.7. The molecule has 68 heavy (non-hydrogen) atoms. The van der Waals surface area contributed by atoms with Crippen LogP contribution < -0.4 is 21.3 Å². The van der Waals surface area contributed by atoms with E-state index >= 15 is 0 Å². The van der Waals surface area contributed by atoms with E-state index in [0.29, 0.717) is 0 Å². The second kappa shape index (κ2) is 22.8. The molecule has 0 spiro atoms. The van der Waals surface area contributed by atoms with Crippen LogP contribution in [0.25, 0.3) is 0 Å². The van der Waals surface area contributed by atoms with E-state index in [0.717, 1.165) is 17.6 Å².